The number of nitrogens with zero attached hydrogens (tertiary/aromatic N) is 1. The van der Waals surface area contributed by atoms with Crippen LogP contribution in [0.2, 0.25) is 0 Å². The summed E-state index contributed by atoms with van der Waals surface area (Å²) < 4.78 is 1.87. The molecule has 1 fully saturated rings. The Bertz CT molecular complexity index is 378. The number of aliphatic hydroxyl groups is 1. The molecule has 0 atom stereocenters. The summed E-state index contributed by atoms with van der Waals surface area (Å²) in [6, 6.07) is 3.88. The Kier molecular flexibility index (Phi) is 2.52. The van der Waals surface area contributed by atoms with Crippen LogP contribution < -0.4 is 5.32 Å². The van der Waals surface area contributed by atoms with Crippen molar-refractivity contribution in [2.75, 3.05) is 0 Å². The molecule has 1 aromatic rings. The maximum Gasteiger partial charge on any atom is 0.268 e. The third kappa shape index (κ3) is 1.90. The lowest BCUT2D eigenvalue weighted by Gasteiger charge is -2.31. The van der Waals surface area contributed by atoms with E-state index in [4.69, 9.17) is 5.11 Å². The van der Waals surface area contributed by atoms with Crippen LogP contribution in [0.25, 0.3) is 0 Å². The number of aryl methyl sites for hydroxylation is 1. The summed E-state index contributed by atoms with van der Waals surface area (Å²) in [7, 11) is 1.87. The molecular formula is C11H16N2O2. The van der Waals surface area contributed by atoms with Crippen molar-refractivity contribution in [2.45, 2.75) is 31.9 Å². The molecule has 0 aliphatic heterocycles. The van der Waals surface area contributed by atoms with Crippen LogP contribution in [0.4, 0.5) is 0 Å². The highest BCUT2D eigenvalue weighted by Crippen LogP contribution is 2.19. The topological polar surface area (TPSA) is 54.3 Å². The Morgan fingerprint density at radius 2 is 2.20 bits per heavy atom. The first-order valence-electron chi connectivity index (χ1n) is 5.19. The summed E-state index contributed by atoms with van der Waals surface area (Å²) in [6.45, 7) is 1.96. The number of aromatic nitrogens is 1. The number of nitrogens with one attached hydrogen (secondary N) is 1. The van der Waals surface area contributed by atoms with E-state index in [9.17, 15) is 4.79 Å². The van der Waals surface area contributed by atoms with E-state index in [2.05, 4.69) is 5.32 Å². The zero-order valence-electron chi connectivity index (χ0n) is 9.03. The van der Waals surface area contributed by atoms with Gasteiger partial charge in [-0.05, 0) is 31.9 Å². The quantitative estimate of drug-likeness (QED) is 0.747. The van der Waals surface area contributed by atoms with Gasteiger partial charge < -0.3 is 15.0 Å². The van der Waals surface area contributed by atoms with Crippen molar-refractivity contribution in [2.24, 2.45) is 7.05 Å². The van der Waals surface area contributed by atoms with Gasteiger partial charge in [0.15, 0.2) is 0 Å². The lowest BCUT2D eigenvalue weighted by molar-refractivity contribution is 0.0559. The third-order valence-electron chi connectivity index (χ3n) is 3.05. The maximum absolute atomic E-state index is 11.8. The fraction of sp³-hybridized carbons (Fsp3) is 0.545. The summed E-state index contributed by atoms with van der Waals surface area (Å²) in [6.07, 6.45) is 1.12. The van der Waals surface area contributed by atoms with Crippen LogP contribution in [-0.4, -0.2) is 27.7 Å². The molecular weight excluding hydrogens is 192 g/mol. The summed E-state index contributed by atoms with van der Waals surface area (Å²) >= 11 is 0. The van der Waals surface area contributed by atoms with Crippen molar-refractivity contribution in [1.82, 2.24) is 9.88 Å². The molecule has 1 aliphatic rings. The molecule has 4 heteroatoms. The number of amides is 1. The Hall–Kier alpha value is -1.29. The van der Waals surface area contributed by atoms with Crippen LogP contribution in [0, 0.1) is 6.92 Å². The van der Waals surface area contributed by atoms with Gasteiger partial charge in [0.05, 0.1) is 6.10 Å². The van der Waals surface area contributed by atoms with E-state index in [1.807, 2.05) is 30.7 Å². The van der Waals surface area contributed by atoms with Gasteiger partial charge in [-0.15, -0.1) is 0 Å². The third-order valence-corrected chi connectivity index (χ3v) is 3.05. The molecule has 0 radical (unpaired) electrons. The molecule has 1 heterocycles. The second kappa shape index (κ2) is 3.70. The molecule has 1 saturated carbocycles. The van der Waals surface area contributed by atoms with Crippen molar-refractivity contribution in [3.8, 4) is 0 Å². The van der Waals surface area contributed by atoms with Gasteiger partial charge in [0, 0.05) is 18.8 Å². The molecule has 0 saturated heterocycles. The van der Waals surface area contributed by atoms with Gasteiger partial charge in [-0.2, -0.15) is 0 Å². The smallest absolute Gasteiger partial charge is 0.268 e. The molecule has 1 aliphatic carbocycles. The number of hydrogen-bond donors (Lipinski definition) is 2. The van der Waals surface area contributed by atoms with E-state index in [0.717, 1.165) is 5.69 Å². The van der Waals surface area contributed by atoms with Crippen LogP contribution in [0.3, 0.4) is 0 Å². The minimum Gasteiger partial charge on any atom is -0.393 e. The van der Waals surface area contributed by atoms with E-state index < -0.39 is 0 Å². The average Bonchev–Trinajstić information content (AvgIpc) is 2.45. The highest BCUT2D eigenvalue weighted by molar-refractivity contribution is 5.93. The molecule has 4 nitrogen and oxygen atoms in total. The number of rotatable bonds is 2. The van der Waals surface area contributed by atoms with E-state index >= 15 is 0 Å². The Morgan fingerprint density at radius 3 is 2.67 bits per heavy atom. The standard InChI is InChI=1S/C11H16N2O2/c1-7-3-4-10(13(7)2)11(15)12-8-5-9(14)6-8/h3-4,8-9,14H,5-6H2,1-2H3,(H,12,15). The molecule has 15 heavy (non-hydrogen) atoms. The molecule has 1 amide bonds. The van der Waals surface area contributed by atoms with Gasteiger partial charge in [-0.3, -0.25) is 4.79 Å². The lowest BCUT2D eigenvalue weighted by atomic mass is 9.89. The van der Waals surface area contributed by atoms with Crippen LogP contribution >= 0.6 is 0 Å². The second-order valence-electron chi connectivity index (χ2n) is 4.21. The fourth-order valence-electron chi connectivity index (χ4n) is 1.81. The second-order valence-corrected chi connectivity index (χ2v) is 4.21. The molecule has 1 aromatic heterocycles. The van der Waals surface area contributed by atoms with Gasteiger partial charge in [0.2, 0.25) is 0 Å². The first-order chi connectivity index (χ1) is 7.08. The minimum atomic E-state index is -0.231. The van der Waals surface area contributed by atoms with E-state index in [-0.39, 0.29) is 18.1 Å². The van der Waals surface area contributed by atoms with Crippen molar-refractivity contribution >= 4 is 5.91 Å². The lowest BCUT2D eigenvalue weighted by Crippen LogP contribution is -2.47. The number of hydrogen-bond acceptors (Lipinski definition) is 2. The van der Waals surface area contributed by atoms with Gasteiger partial charge >= 0.3 is 0 Å². The number of carbonyl (C=O) groups excluding carboxylic acids is 1. The number of aliphatic hydroxyl groups excluding tert-OH is 1. The largest absolute Gasteiger partial charge is 0.393 e. The molecule has 0 unspecified atom stereocenters. The van der Waals surface area contributed by atoms with E-state index in [1.165, 1.54) is 0 Å². The van der Waals surface area contributed by atoms with E-state index in [1.54, 1.807) is 0 Å². The SMILES string of the molecule is Cc1ccc(C(=O)NC2CC(O)C2)n1C. The Morgan fingerprint density at radius 1 is 1.53 bits per heavy atom. The first kappa shape index (κ1) is 10.2. The molecule has 0 bridgehead atoms. The Labute approximate surface area is 88.9 Å². The first-order valence-corrected chi connectivity index (χ1v) is 5.19. The van der Waals surface area contributed by atoms with Crippen molar-refractivity contribution in [1.29, 1.82) is 0 Å². The van der Waals surface area contributed by atoms with Gasteiger partial charge in [-0.25, -0.2) is 0 Å². The minimum absolute atomic E-state index is 0.0532. The highest BCUT2D eigenvalue weighted by atomic mass is 16.3. The zero-order chi connectivity index (χ0) is 11.0. The summed E-state index contributed by atoms with van der Waals surface area (Å²) in [5.74, 6) is -0.0532. The summed E-state index contributed by atoms with van der Waals surface area (Å²) in [5, 5.41) is 12.0. The molecule has 82 valence electrons. The molecule has 2 rings (SSSR count). The van der Waals surface area contributed by atoms with E-state index in [0.29, 0.717) is 18.5 Å². The summed E-state index contributed by atoms with van der Waals surface area (Å²) in [5.41, 5.74) is 1.74. The van der Waals surface area contributed by atoms with Crippen LogP contribution in [0.5, 0.6) is 0 Å². The maximum atomic E-state index is 11.8. The molecule has 0 aromatic carbocycles. The fourth-order valence-corrected chi connectivity index (χ4v) is 1.81. The predicted molar refractivity (Wildman–Crippen MR) is 56.6 cm³/mol. The average molecular weight is 208 g/mol. The molecule has 2 N–H and O–H groups in total. The summed E-state index contributed by atoms with van der Waals surface area (Å²) in [4.78, 5) is 11.8. The number of carbonyl (C=O) groups is 1. The van der Waals surface area contributed by atoms with Crippen LogP contribution in [-0.2, 0) is 7.05 Å². The van der Waals surface area contributed by atoms with Crippen molar-refractivity contribution in [3.63, 3.8) is 0 Å². The molecule has 0 spiro atoms. The zero-order valence-corrected chi connectivity index (χ0v) is 9.03. The van der Waals surface area contributed by atoms with Gasteiger partial charge in [-0.1, -0.05) is 0 Å². The van der Waals surface area contributed by atoms with Crippen molar-refractivity contribution in [3.05, 3.63) is 23.5 Å². The highest BCUT2D eigenvalue weighted by Gasteiger charge is 2.29. The van der Waals surface area contributed by atoms with Crippen LogP contribution in [0.15, 0.2) is 12.1 Å². The monoisotopic (exact) mass is 208 g/mol. The van der Waals surface area contributed by atoms with Crippen LogP contribution in [0.1, 0.15) is 29.0 Å². The van der Waals surface area contributed by atoms with Crippen molar-refractivity contribution < 1.29 is 9.90 Å². The van der Waals surface area contributed by atoms with Gasteiger partial charge in [0.25, 0.3) is 5.91 Å². The predicted octanol–water partition coefficient (Wildman–Crippen LogP) is 0.587. The van der Waals surface area contributed by atoms with Gasteiger partial charge in [0.1, 0.15) is 5.69 Å². The normalized spacial score (nSPS) is 24.7. The Balaban J connectivity index is 1.99.